The lowest BCUT2D eigenvalue weighted by molar-refractivity contribution is -0.188. The summed E-state index contributed by atoms with van der Waals surface area (Å²) in [6.07, 6.45) is 3.48. The Morgan fingerprint density at radius 1 is 1.04 bits per heavy atom. The van der Waals surface area contributed by atoms with Crippen LogP contribution in [0.5, 0.6) is 0 Å². The molecule has 0 aromatic heterocycles. The molecule has 0 radical (unpaired) electrons. The first-order valence-electron chi connectivity index (χ1n) is 9.24. The molecule has 1 heterocycles. The second kappa shape index (κ2) is 9.04. The molecular weight excluding hydrogens is 353 g/mol. The van der Waals surface area contributed by atoms with Gasteiger partial charge in [0.1, 0.15) is 6.04 Å². The Hall–Kier alpha value is -0.340. The molecule has 0 spiro atoms. The smallest absolute Gasteiger partial charge is 0.295 e. The molecule has 0 N–H and O–H groups in total. The van der Waals surface area contributed by atoms with E-state index >= 15 is 0 Å². The lowest BCUT2D eigenvalue weighted by atomic mass is 9.88. The molecule has 2 atom stereocenters. The van der Waals surface area contributed by atoms with Gasteiger partial charge in [0, 0.05) is 25.2 Å². The fraction of sp³-hybridized carbons (Fsp3) is 1.00. The number of rotatable bonds is 9. The van der Waals surface area contributed by atoms with Crippen molar-refractivity contribution in [3.8, 4) is 0 Å². The van der Waals surface area contributed by atoms with E-state index in [1.54, 1.807) is 0 Å². The van der Waals surface area contributed by atoms with Crippen molar-refractivity contribution in [2.45, 2.75) is 83.5 Å². The van der Waals surface area contributed by atoms with Crippen LogP contribution in [-0.4, -0.2) is 61.3 Å². The highest BCUT2D eigenvalue weighted by Gasteiger charge is 2.51. The summed E-state index contributed by atoms with van der Waals surface area (Å²) in [6.45, 7) is 6.12. The first kappa shape index (κ1) is 22.7. The van der Waals surface area contributed by atoms with Gasteiger partial charge in [0.2, 0.25) is 10.0 Å². The van der Waals surface area contributed by atoms with Crippen LogP contribution in [0.4, 0.5) is 13.2 Å². The highest BCUT2D eigenvalue weighted by molar-refractivity contribution is 7.88. The zero-order chi connectivity index (χ0) is 19.3. The Labute approximate surface area is 150 Å². The summed E-state index contributed by atoms with van der Waals surface area (Å²) in [7, 11) is -3.87. The second-order valence-corrected chi connectivity index (χ2v) is 9.33. The zero-order valence-electron chi connectivity index (χ0n) is 15.9. The lowest BCUT2D eigenvalue weighted by Crippen LogP contribution is -2.64. The minimum Gasteiger partial charge on any atom is -0.295 e. The predicted molar refractivity (Wildman–Crippen MR) is 95.0 cm³/mol. The third kappa shape index (κ3) is 6.40. The number of hydrogen-bond acceptors (Lipinski definition) is 3. The van der Waals surface area contributed by atoms with Crippen LogP contribution in [0.1, 0.15) is 65.7 Å². The molecule has 0 aromatic carbocycles. The van der Waals surface area contributed by atoms with Gasteiger partial charge in [-0.15, -0.1) is 0 Å². The fourth-order valence-corrected chi connectivity index (χ4v) is 4.65. The van der Waals surface area contributed by atoms with E-state index in [1.165, 1.54) is 6.42 Å². The molecule has 0 amide bonds. The number of nitrogens with zero attached hydrogens (tertiary/aromatic N) is 2. The maximum atomic E-state index is 13.4. The van der Waals surface area contributed by atoms with Crippen molar-refractivity contribution in [1.29, 1.82) is 0 Å². The van der Waals surface area contributed by atoms with Crippen molar-refractivity contribution in [2.75, 3.05) is 25.9 Å². The van der Waals surface area contributed by atoms with E-state index in [4.69, 9.17) is 0 Å². The molecule has 150 valence electrons. The van der Waals surface area contributed by atoms with Crippen molar-refractivity contribution in [1.82, 2.24) is 9.21 Å². The van der Waals surface area contributed by atoms with Crippen LogP contribution < -0.4 is 0 Å². The summed E-state index contributed by atoms with van der Waals surface area (Å²) in [5.41, 5.74) is -0.320. The van der Waals surface area contributed by atoms with E-state index in [2.05, 4.69) is 6.92 Å². The monoisotopic (exact) mass is 386 g/mol. The summed E-state index contributed by atoms with van der Waals surface area (Å²) in [6, 6.07) is -1.96. The van der Waals surface area contributed by atoms with Crippen molar-refractivity contribution in [3.63, 3.8) is 0 Å². The normalized spacial score (nSPS) is 23.6. The Morgan fingerprint density at radius 3 is 2.12 bits per heavy atom. The molecule has 2 unspecified atom stereocenters. The van der Waals surface area contributed by atoms with Crippen LogP contribution in [0.15, 0.2) is 0 Å². The van der Waals surface area contributed by atoms with E-state index in [0.29, 0.717) is 10.8 Å². The Bertz CT molecular complexity index is 511. The summed E-state index contributed by atoms with van der Waals surface area (Å²) >= 11 is 0. The summed E-state index contributed by atoms with van der Waals surface area (Å²) < 4.78 is 64.4. The topological polar surface area (TPSA) is 40.6 Å². The minimum atomic E-state index is -4.56. The molecular formula is C17H33F3N2O2S. The summed E-state index contributed by atoms with van der Waals surface area (Å²) in [5, 5.41) is 0. The van der Waals surface area contributed by atoms with E-state index in [-0.39, 0.29) is 18.6 Å². The molecule has 1 saturated heterocycles. The average Bonchev–Trinajstić information content (AvgIpc) is 2.52. The number of hydrogen-bond donors (Lipinski definition) is 0. The van der Waals surface area contributed by atoms with E-state index in [1.807, 2.05) is 18.7 Å². The van der Waals surface area contributed by atoms with Crippen LogP contribution in [0.2, 0.25) is 0 Å². The van der Waals surface area contributed by atoms with Crippen LogP contribution >= 0.6 is 0 Å². The molecule has 0 bridgehead atoms. The van der Waals surface area contributed by atoms with Crippen LogP contribution in [0, 0.1) is 0 Å². The highest BCUT2D eigenvalue weighted by atomic mass is 32.2. The van der Waals surface area contributed by atoms with Crippen LogP contribution in [-0.2, 0) is 10.0 Å². The molecule has 0 aromatic rings. The third-order valence-electron chi connectivity index (χ3n) is 5.48. The van der Waals surface area contributed by atoms with Gasteiger partial charge in [-0.1, -0.05) is 46.0 Å². The second-order valence-electron chi connectivity index (χ2n) is 7.39. The molecule has 8 heteroatoms. The first-order valence-corrected chi connectivity index (χ1v) is 11.1. The van der Waals surface area contributed by atoms with E-state index in [0.717, 1.165) is 44.8 Å². The largest absolute Gasteiger partial charge is 0.406 e. The molecule has 25 heavy (non-hydrogen) atoms. The minimum absolute atomic E-state index is 0.103. The van der Waals surface area contributed by atoms with Crippen molar-refractivity contribution in [3.05, 3.63) is 0 Å². The SMILES string of the molecule is CCCCCCCC(C)(CC)N1CCN(S(C)(=O)=O)C(C(F)(F)F)C1. The Kier molecular flexibility index (Phi) is 8.21. The molecule has 0 saturated carbocycles. The van der Waals surface area contributed by atoms with Gasteiger partial charge in [0.15, 0.2) is 0 Å². The van der Waals surface area contributed by atoms with Gasteiger partial charge in [-0.3, -0.25) is 4.90 Å². The molecule has 1 aliphatic rings. The molecule has 4 nitrogen and oxygen atoms in total. The van der Waals surface area contributed by atoms with Crippen molar-refractivity contribution in [2.24, 2.45) is 0 Å². The van der Waals surface area contributed by atoms with Gasteiger partial charge >= 0.3 is 6.18 Å². The maximum Gasteiger partial charge on any atom is 0.406 e. The van der Waals surface area contributed by atoms with Crippen LogP contribution in [0.25, 0.3) is 0 Å². The number of unbranched alkanes of at least 4 members (excludes halogenated alkanes) is 4. The zero-order valence-corrected chi connectivity index (χ0v) is 16.7. The quantitative estimate of drug-likeness (QED) is 0.562. The van der Waals surface area contributed by atoms with Gasteiger partial charge in [-0.05, 0) is 19.8 Å². The molecule has 1 fully saturated rings. The summed E-state index contributed by atoms with van der Waals surface area (Å²) in [5.74, 6) is 0. The van der Waals surface area contributed by atoms with Gasteiger partial charge in [0.05, 0.1) is 6.26 Å². The highest BCUT2D eigenvalue weighted by Crippen LogP contribution is 2.34. The first-order chi connectivity index (χ1) is 11.5. The molecule has 0 aliphatic carbocycles. The van der Waals surface area contributed by atoms with Gasteiger partial charge in [-0.2, -0.15) is 17.5 Å². The molecule has 1 aliphatic heterocycles. The van der Waals surface area contributed by atoms with E-state index < -0.39 is 22.2 Å². The number of piperazine rings is 1. The number of halogens is 3. The summed E-state index contributed by atoms with van der Waals surface area (Å²) in [4.78, 5) is 1.85. The Balaban J connectivity index is 2.83. The fourth-order valence-electron chi connectivity index (χ4n) is 3.59. The third-order valence-corrected chi connectivity index (χ3v) is 6.77. The average molecular weight is 387 g/mol. The van der Waals surface area contributed by atoms with Gasteiger partial charge in [-0.25, -0.2) is 8.42 Å². The predicted octanol–water partition coefficient (Wildman–Crippen LogP) is 4.02. The lowest BCUT2D eigenvalue weighted by Gasteiger charge is -2.48. The standard InChI is InChI=1S/C17H33F3N2O2S/c1-5-7-8-9-10-11-16(3,6-2)21-12-13-22(25(4,23)24)15(14-21)17(18,19)20/h15H,5-14H2,1-4H3. The maximum absolute atomic E-state index is 13.4. The van der Waals surface area contributed by atoms with Gasteiger partial charge < -0.3 is 0 Å². The number of alkyl halides is 3. The van der Waals surface area contributed by atoms with Crippen molar-refractivity contribution >= 4 is 10.0 Å². The Morgan fingerprint density at radius 2 is 1.64 bits per heavy atom. The van der Waals surface area contributed by atoms with Crippen molar-refractivity contribution < 1.29 is 21.6 Å². The van der Waals surface area contributed by atoms with Gasteiger partial charge in [0.25, 0.3) is 0 Å². The van der Waals surface area contributed by atoms with E-state index in [9.17, 15) is 21.6 Å². The number of sulfonamides is 1. The van der Waals surface area contributed by atoms with Crippen LogP contribution in [0.3, 0.4) is 0 Å². The molecule has 1 rings (SSSR count).